The van der Waals surface area contributed by atoms with Gasteiger partial charge in [-0.25, -0.2) is 0 Å². The van der Waals surface area contributed by atoms with Crippen molar-refractivity contribution in [3.8, 4) is 0 Å². The first-order valence-electron chi connectivity index (χ1n) is 1.35. The SMILES string of the molecule is O=CC[SiH3].[AlH3].[H-].[H-].[Mg+2]. The molecule has 0 N–H and O–H groups in total. The third-order valence-corrected chi connectivity index (χ3v) is 0.500. The standard InChI is InChI=1S/C2H6OSi.Al.Mg.5H/c3-1-2-4;;;;;;;/h1H,2H2,4H3;;;;;;;/q;;+2;;;;2*-1. The van der Waals surface area contributed by atoms with Gasteiger partial charge in [-0.05, 0) is 6.04 Å². The van der Waals surface area contributed by atoms with Gasteiger partial charge < -0.3 is 7.65 Å². The largest absolute Gasteiger partial charge is 2.00 e. The summed E-state index contributed by atoms with van der Waals surface area (Å²) in [6.07, 6.45) is 0.937. The second-order valence-corrected chi connectivity index (χ2v) is 1.39. The molecular weight excluding hydrogens is 119 g/mol. The van der Waals surface area contributed by atoms with Crippen LogP contribution in [0.25, 0.3) is 0 Å². The normalized spacial score (nSPS) is 4.67. The minimum Gasteiger partial charge on any atom is -1.00 e. The molecule has 0 saturated carbocycles. The average Bonchev–Trinajstić information content (AvgIpc) is 1.37. The van der Waals surface area contributed by atoms with Crippen LogP contribution in [-0.4, -0.2) is 56.9 Å². The van der Waals surface area contributed by atoms with Crippen molar-refractivity contribution in [3.05, 3.63) is 0 Å². The van der Waals surface area contributed by atoms with Crippen LogP contribution >= 0.6 is 0 Å². The number of hydrogen-bond donors (Lipinski definition) is 0. The molecule has 0 rings (SSSR count). The van der Waals surface area contributed by atoms with Crippen molar-refractivity contribution in [2.75, 3.05) is 0 Å². The summed E-state index contributed by atoms with van der Waals surface area (Å²) in [4.78, 5) is 9.21. The summed E-state index contributed by atoms with van der Waals surface area (Å²) in [6, 6.07) is 0.778. The number of carbonyl (C=O) groups is 1. The van der Waals surface area contributed by atoms with E-state index in [0.29, 0.717) is 0 Å². The fourth-order valence-electron chi connectivity index (χ4n) is 0. The summed E-state index contributed by atoms with van der Waals surface area (Å²) in [7, 11) is 1.02. The predicted octanol–water partition coefficient (Wildman–Crippen LogP) is -2.37. The Hall–Kier alpha value is 1.19. The van der Waals surface area contributed by atoms with Crippen LogP contribution in [0.1, 0.15) is 2.85 Å². The minimum absolute atomic E-state index is 0. The Kier molecular flexibility index (Phi) is 42.9. The van der Waals surface area contributed by atoms with E-state index in [0.717, 1.165) is 22.6 Å². The van der Waals surface area contributed by atoms with E-state index in [9.17, 15) is 4.79 Å². The topological polar surface area (TPSA) is 17.1 Å². The van der Waals surface area contributed by atoms with Crippen molar-refractivity contribution in [1.29, 1.82) is 0 Å². The summed E-state index contributed by atoms with van der Waals surface area (Å²) in [5.41, 5.74) is 0. The van der Waals surface area contributed by atoms with Crippen molar-refractivity contribution in [1.82, 2.24) is 0 Å². The van der Waals surface area contributed by atoms with Crippen molar-refractivity contribution in [2.45, 2.75) is 6.04 Å². The van der Waals surface area contributed by atoms with Crippen LogP contribution in [0, 0.1) is 0 Å². The van der Waals surface area contributed by atoms with Crippen LogP contribution in [0.5, 0.6) is 0 Å². The molecule has 0 bridgehead atoms. The van der Waals surface area contributed by atoms with Crippen LogP contribution in [0.2, 0.25) is 6.04 Å². The van der Waals surface area contributed by atoms with Crippen LogP contribution in [-0.2, 0) is 4.79 Å². The summed E-state index contributed by atoms with van der Waals surface area (Å²) in [5, 5.41) is 0. The minimum atomic E-state index is 0. The first-order chi connectivity index (χ1) is 1.91. The second-order valence-electron chi connectivity index (χ2n) is 0.575. The quantitative estimate of drug-likeness (QED) is 0.287. The summed E-state index contributed by atoms with van der Waals surface area (Å²) in [5.74, 6) is 0. The third-order valence-electron chi connectivity index (χ3n) is 0.167. The molecule has 0 radical (unpaired) electrons. The summed E-state index contributed by atoms with van der Waals surface area (Å²) >= 11 is 0. The molecule has 0 aliphatic carbocycles. The van der Waals surface area contributed by atoms with E-state index in [1.807, 2.05) is 0 Å². The van der Waals surface area contributed by atoms with E-state index >= 15 is 0 Å². The van der Waals surface area contributed by atoms with Gasteiger partial charge in [0, 0.05) is 10.2 Å². The van der Waals surface area contributed by atoms with Crippen LogP contribution < -0.4 is 0 Å². The number of hydrogen-bond acceptors (Lipinski definition) is 1. The van der Waals surface area contributed by atoms with Gasteiger partial charge in [0.05, 0.1) is 0 Å². The maximum atomic E-state index is 9.21. The Morgan fingerprint density at radius 2 is 2.00 bits per heavy atom. The van der Waals surface area contributed by atoms with E-state index in [1.54, 1.807) is 0 Å². The molecule has 0 heterocycles. The van der Waals surface area contributed by atoms with Crippen LogP contribution in [0.4, 0.5) is 0 Å². The maximum absolute atomic E-state index is 9.21. The van der Waals surface area contributed by atoms with E-state index in [1.165, 1.54) is 0 Å². The van der Waals surface area contributed by atoms with E-state index < -0.39 is 0 Å². The zero-order valence-corrected chi connectivity index (χ0v) is 6.81. The van der Waals surface area contributed by atoms with Gasteiger partial charge in [-0.15, -0.1) is 0 Å². The molecule has 0 aromatic carbocycles. The number of rotatable bonds is 1. The first-order valence-corrected chi connectivity index (χ1v) is 2.77. The molecule has 0 atom stereocenters. The Labute approximate surface area is 70.5 Å². The van der Waals surface area contributed by atoms with Crippen molar-refractivity contribution < 1.29 is 7.65 Å². The molecule has 0 amide bonds. The van der Waals surface area contributed by atoms with Gasteiger partial charge in [0.25, 0.3) is 0 Å². The second kappa shape index (κ2) is 16.4. The van der Waals surface area contributed by atoms with Crippen LogP contribution in [0.3, 0.4) is 0 Å². The summed E-state index contributed by atoms with van der Waals surface area (Å²) < 4.78 is 0. The van der Waals surface area contributed by atoms with E-state index in [2.05, 4.69) is 0 Å². The molecule has 0 aromatic heterocycles. The average molecular weight is 130 g/mol. The Bertz CT molecular complexity index is 34.0. The smallest absolute Gasteiger partial charge is 1.00 e. The summed E-state index contributed by atoms with van der Waals surface area (Å²) in [6.45, 7) is 0. The Morgan fingerprint density at radius 1 is 1.83 bits per heavy atom. The molecule has 0 aromatic rings. The molecule has 0 saturated heterocycles. The molecule has 0 spiro atoms. The van der Waals surface area contributed by atoms with Gasteiger partial charge >= 0.3 is 23.1 Å². The van der Waals surface area contributed by atoms with Crippen molar-refractivity contribution in [2.24, 2.45) is 0 Å². The monoisotopic (exact) mass is 130 g/mol. The molecule has 0 unspecified atom stereocenters. The van der Waals surface area contributed by atoms with Crippen LogP contribution in [0.15, 0.2) is 0 Å². The molecule has 4 heteroatoms. The van der Waals surface area contributed by atoms with Gasteiger partial charge in [-0.3, -0.25) is 0 Å². The predicted molar refractivity (Wildman–Crippen MR) is 38.7 cm³/mol. The fraction of sp³-hybridized carbons (Fsp3) is 0.500. The van der Waals surface area contributed by atoms with E-state index in [4.69, 9.17) is 0 Å². The molecule has 6 heavy (non-hydrogen) atoms. The molecule has 0 aliphatic heterocycles. The molecule has 0 aliphatic rings. The van der Waals surface area contributed by atoms with Gasteiger partial charge in [0.1, 0.15) is 6.29 Å². The molecular formula is C2H11AlMgOSi. The van der Waals surface area contributed by atoms with Gasteiger partial charge in [0.15, 0.2) is 17.4 Å². The van der Waals surface area contributed by atoms with E-state index in [-0.39, 0.29) is 43.3 Å². The zero-order valence-electron chi connectivity index (χ0n) is 5.40. The third kappa shape index (κ3) is 19.0. The Morgan fingerprint density at radius 3 is 2.00 bits per heavy atom. The fourth-order valence-corrected chi connectivity index (χ4v) is 0. The van der Waals surface area contributed by atoms with Gasteiger partial charge in [0.2, 0.25) is 0 Å². The molecule has 34 valence electrons. The first kappa shape index (κ1) is 15.7. The number of carbonyl (C=O) groups excluding carboxylic acids is 1. The molecule has 0 fully saturated rings. The Balaban J connectivity index is -0.00000000750. The van der Waals surface area contributed by atoms with Gasteiger partial charge in [-0.1, -0.05) is 0 Å². The van der Waals surface area contributed by atoms with Gasteiger partial charge in [-0.2, -0.15) is 0 Å². The number of aldehydes is 1. The zero-order chi connectivity index (χ0) is 3.41. The maximum Gasteiger partial charge on any atom is 2.00 e. The molecule has 1 nitrogen and oxygen atoms in total. The van der Waals surface area contributed by atoms with Crippen molar-refractivity contribution in [3.63, 3.8) is 0 Å². The van der Waals surface area contributed by atoms with Crippen molar-refractivity contribution >= 4 is 56.9 Å².